The third kappa shape index (κ3) is 4.60. The zero-order valence-electron chi connectivity index (χ0n) is 30.0. The van der Waals surface area contributed by atoms with Crippen LogP contribution in [0, 0.1) is 0 Å². The number of aromatic nitrogens is 2. The van der Waals surface area contributed by atoms with E-state index >= 15 is 0 Å². The lowest BCUT2D eigenvalue weighted by Gasteiger charge is -2.23. The molecule has 56 heavy (non-hydrogen) atoms. The van der Waals surface area contributed by atoms with Crippen molar-refractivity contribution in [3.63, 3.8) is 0 Å². The summed E-state index contributed by atoms with van der Waals surface area (Å²) in [5.41, 5.74) is 19.0. The molecule has 0 radical (unpaired) electrons. The highest BCUT2D eigenvalue weighted by Crippen LogP contribution is 2.49. The lowest BCUT2D eigenvalue weighted by atomic mass is 9.80. The van der Waals surface area contributed by atoms with Crippen molar-refractivity contribution >= 4 is 44.1 Å². The highest BCUT2D eigenvalue weighted by atomic mass is 16.3. The molecule has 12 rings (SSSR count). The Labute approximate surface area is 322 Å². The normalized spacial score (nSPS) is 11.9. The SMILES string of the molecule is c1ccc2c(c1)-c1ccccc1-c1ccc(-c3cc(-c4cccc5c4oc4ncccc45)cc(-c4cccc5c4oc4ncccc45)c3)cc1-c1ccccc1-2. The molecule has 0 saturated carbocycles. The second-order valence-electron chi connectivity index (χ2n) is 14.5. The van der Waals surface area contributed by atoms with Crippen LogP contribution in [0.25, 0.3) is 122 Å². The number of benzene rings is 7. The van der Waals surface area contributed by atoms with Gasteiger partial charge in [0.2, 0.25) is 11.4 Å². The summed E-state index contributed by atoms with van der Waals surface area (Å²) in [6.45, 7) is 0. The van der Waals surface area contributed by atoms with Crippen LogP contribution in [0.5, 0.6) is 0 Å². The third-order valence-corrected chi connectivity index (χ3v) is 11.4. The average Bonchev–Trinajstić information content (AvgIpc) is 3.84. The largest absolute Gasteiger partial charge is 0.437 e. The molecule has 0 unspecified atom stereocenters. The van der Waals surface area contributed by atoms with Gasteiger partial charge in [-0.25, -0.2) is 9.97 Å². The molecule has 11 aromatic rings. The summed E-state index contributed by atoms with van der Waals surface area (Å²) in [6.07, 6.45) is 3.56. The Kier molecular flexibility index (Phi) is 6.60. The van der Waals surface area contributed by atoms with Crippen molar-refractivity contribution in [2.75, 3.05) is 0 Å². The minimum absolute atomic E-state index is 0.632. The third-order valence-electron chi connectivity index (χ3n) is 11.4. The van der Waals surface area contributed by atoms with Gasteiger partial charge in [-0.2, -0.15) is 0 Å². The maximum atomic E-state index is 6.50. The maximum absolute atomic E-state index is 6.50. The Balaban J connectivity index is 1.13. The predicted octanol–water partition coefficient (Wildman–Crippen LogP) is 14.3. The lowest BCUT2D eigenvalue weighted by molar-refractivity contribution is 0.655. The van der Waals surface area contributed by atoms with Crippen molar-refractivity contribution in [3.8, 4) is 77.9 Å². The van der Waals surface area contributed by atoms with Crippen molar-refractivity contribution in [2.24, 2.45) is 0 Å². The summed E-state index contributed by atoms with van der Waals surface area (Å²) < 4.78 is 13.0. The van der Waals surface area contributed by atoms with E-state index in [9.17, 15) is 0 Å². The molecule has 4 heteroatoms. The fraction of sp³-hybridized carbons (Fsp3) is 0. The first kappa shape index (κ1) is 30.9. The van der Waals surface area contributed by atoms with E-state index in [2.05, 4.69) is 168 Å². The zero-order valence-corrected chi connectivity index (χ0v) is 30.0. The maximum Gasteiger partial charge on any atom is 0.227 e. The summed E-state index contributed by atoms with van der Waals surface area (Å²) in [5, 5.41) is 4.09. The molecule has 0 fully saturated rings. The van der Waals surface area contributed by atoms with Crippen LogP contribution in [0.4, 0.5) is 0 Å². The molecule has 0 N–H and O–H groups in total. The first-order chi connectivity index (χ1) is 27.8. The molecule has 260 valence electrons. The Bertz CT molecular complexity index is 3250. The quantitative estimate of drug-likeness (QED) is 0.183. The summed E-state index contributed by atoms with van der Waals surface area (Å²) in [7, 11) is 0. The highest BCUT2D eigenvalue weighted by Gasteiger charge is 2.23. The van der Waals surface area contributed by atoms with Crippen LogP contribution in [0.3, 0.4) is 0 Å². The molecule has 7 aromatic carbocycles. The van der Waals surface area contributed by atoms with Crippen LogP contribution >= 0.6 is 0 Å². The van der Waals surface area contributed by atoms with E-state index < -0.39 is 0 Å². The second-order valence-corrected chi connectivity index (χ2v) is 14.5. The van der Waals surface area contributed by atoms with Crippen molar-refractivity contribution in [1.29, 1.82) is 0 Å². The number of nitrogens with zero attached hydrogens (tertiary/aromatic N) is 2. The number of rotatable bonds is 3. The van der Waals surface area contributed by atoms with Gasteiger partial charge < -0.3 is 8.83 Å². The van der Waals surface area contributed by atoms with E-state index in [0.717, 1.165) is 66.1 Å². The lowest BCUT2D eigenvalue weighted by Crippen LogP contribution is -1.97. The van der Waals surface area contributed by atoms with Gasteiger partial charge in [0.15, 0.2) is 0 Å². The van der Waals surface area contributed by atoms with Gasteiger partial charge >= 0.3 is 0 Å². The number of fused-ring (bicyclic) bond motifs is 14. The zero-order chi connectivity index (χ0) is 36.7. The monoisotopic (exact) mass is 714 g/mol. The molecule has 0 spiro atoms. The summed E-state index contributed by atoms with van der Waals surface area (Å²) in [4.78, 5) is 9.11. The molecule has 1 aliphatic rings. The second kappa shape index (κ2) is 12.0. The van der Waals surface area contributed by atoms with Gasteiger partial charge in [-0.05, 0) is 115 Å². The molecule has 4 nitrogen and oxygen atoms in total. The molecular weight excluding hydrogens is 685 g/mol. The summed E-state index contributed by atoms with van der Waals surface area (Å²) in [5.74, 6) is 0. The number of hydrogen-bond donors (Lipinski definition) is 0. The Hall–Kier alpha value is -7.56. The minimum atomic E-state index is 0.632. The number of para-hydroxylation sites is 2. The fourth-order valence-electron chi connectivity index (χ4n) is 8.87. The van der Waals surface area contributed by atoms with Crippen LogP contribution in [0.2, 0.25) is 0 Å². The fourth-order valence-corrected chi connectivity index (χ4v) is 8.87. The highest BCUT2D eigenvalue weighted by molar-refractivity contribution is 6.11. The predicted molar refractivity (Wildman–Crippen MR) is 228 cm³/mol. The summed E-state index contributed by atoms with van der Waals surface area (Å²) in [6, 6.07) is 60.9. The van der Waals surface area contributed by atoms with Gasteiger partial charge in [0.1, 0.15) is 11.2 Å². The molecule has 0 amide bonds. The van der Waals surface area contributed by atoms with Gasteiger partial charge in [-0.15, -0.1) is 0 Å². The van der Waals surface area contributed by atoms with E-state index in [-0.39, 0.29) is 0 Å². The number of pyridine rings is 2. The van der Waals surface area contributed by atoms with Crippen LogP contribution in [-0.2, 0) is 0 Å². The number of hydrogen-bond acceptors (Lipinski definition) is 4. The summed E-state index contributed by atoms with van der Waals surface area (Å²) >= 11 is 0. The average molecular weight is 715 g/mol. The smallest absolute Gasteiger partial charge is 0.227 e. The van der Waals surface area contributed by atoms with Crippen molar-refractivity contribution in [2.45, 2.75) is 0 Å². The van der Waals surface area contributed by atoms with Crippen molar-refractivity contribution in [3.05, 3.63) is 182 Å². The molecule has 0 saturated heterocycles. The number of furan rings is 2. The van der Waals surface area contributed by atoms with E-state index in [4.69, 9.17) is 8.83 Å². The van der Waals surface area contributed by atoms with Crippen LogP contribution < -0.4 is 0 Å². The van der Waals surface area contributed by atoms with Gasteiger partial charge in [0.05, 0.1) is 0 Å². The molecule has 4 heterocycles. The molecule has 0 bridgehead atoms. The molecule has 1 aliphatic carbocycles. The van der Waals surface area contributed by atoms with Crippen LogP contribution in [-0.4, -0.2) is 9.97 Å². The van der Waals surface area contributed by atoms with Gasteiger partial charge in [0, 0.05) is 45.1 Å². The molecule has 0 atom stereocenters. The van der Waals surface area contributed by atoms with Crippen molar-refractivity contribution in [1.82, 2.24) is 9.97 Å². The topological polar surface area (TPSA) is 52.1 Å². The molecule has 4 aromatic heterocycles. The molecule has 0 aliphatic heterocycles. The van der Waals surface area contributed by atoms with E-state index in [1.54, 1.807) is 12.4 Å². The first-order valence-electron chi connectivity index (χ1n) is 18.9. The molecular formula is C52H30N2O2. The van der Waals surface area contributed by atoms with Gasteiger partial charge in [-0.1, -0.05) is 121 Å². The Morgan fingerprint density at radius 2 is 0.661 bits per heavy atom. The van der Waals surface area contributed by atoms with E-state index in [1.807, 2.05) is 12.1 Å². The standard InChI is InChI=1S/C52H30N2O2/c1-2-12-38-37(11-1)39-13-3-4-15-41(39)43-24-23-31(30-48(43)42-16-6-5-14-40(38)42)32-27-33(35-17-7-19-44-46-21-9-25-53-51(46)55-49(35)44)29-34(28-32)36-18-8-20-45-47-22-10-26-54-52(47)56-50(36)45/h1-30H. The van der Waals surface area contributed by atoms with Gasteiger partial charge in [0.25, 0.3) is 0 Å². The van der Waals surface area contributed by atoms with Gasteiger partial charge in [-0.3, -0.25) is 0 Å². The van der Waals surface area contributed by atoms with Crippen molar-refractivity contribution < 1.29 is 8.83 Å². The van der Waals surface area contributed by atoms with E-state index in [0.29, 0.717) is 11.4 Å². The van der Waals surface area contributed by atoms with E-state index in [1.165, 1.54) is 44.5 Å². The van der Waals surface area contributed by atoms with Crippen LogP contribution in [0.15, 0.2) is 191 Å². The first-order valence-corrected chi connectivity index (χ1v) is 18.9. The Morgan fingerprint density at radius 1 is 0.268 bits per heavy atom. The Morgan fingerprint density at radius 3 is 1.14 bits per heavy atom. The minimum Gasteiger partial charge on any atom is -0.437 e. The van der Waals surface area contributed by atoms with Crippen LogP contribution in [0.1, 0.15) is 0 Å².